The lowest BCUT2D eigenvalue weighted by Crippen LogP contribution is -2.71. The molecule has 10 nitrogen and oxygen atoms in total. The molecule has 1 saturated heterocycles. The van der Waals surface area contributed by atoms with E-state index in [1.54, 1.807) is 0 Å². The quantitative estimate of drug-likeness (QED) is 0.238. The van der Waals surface area contributed by atoms with Gasteiger partial charge >= 0.3 is 5.97 Å². The first-order valence-electron chi connectivity index (χ1n) is 7.57. The van der Waals surface area contributed by atoms with Gasteiger partial charge in [-0.1, -0.05) is 11.6 Å². The Balaban J connectivity index is 1.72. The molecule has 0 spiro atoms. The SMILES string of the molecule is O=CNc1nc(C(=O)C(=O)NC2C(=O)N3C(C(=O)O)=C(C=CCl)CS[C@@H]23)cs1. The van der Waals surface area contributed by atoms with Crippen LogP contribution in [0.15, 0.2) is 28.3 Å². The first kappa shape index (κ1) is 20.0. The molecule has 1 fully saturated rings. The molecular weight excluding hydrogens is 432 g/mol. The number of aliphatic carboxylic acids is 1. The molecule has 0 aromatic carbocycles. The number of carbonyl (C=O) groups excluding carboxylic acids is 4. The third-order valence-electron chi connectivity index (χ3n) is 3.88. The summed E-state index contributed by atoms with van der Waals surface area (Å²) < 4.78 is 0. The number of rotatable bonds is 7. The summed E-state index contributed by atoms with van der Waals surface area (Å²) in [5.74, 6) is -3.68. The molecule has 0 bridgehead atoms. The molecule has 3 N–H and O–H groups in total. The summed E-state index contributed by atoms with van der Waals surface area (Å²) in [6, 6.07) is -1.04. The predicted octanol–water partition coefficient (Wildman–Crippen LogP) is 0.385. The second-order valence-electron chi connectivity index (χ2n) is 5.46. The highest BCUT2D eigenvalue weighted by molar-refractivity contribution is 8.00. The van der Waals surface area contributed by atoms with Crippen molar-refractivity contribution in [1.29, 1.82) is 0 Å². The molecule has 2 aliphatic heterocycles. The zero-order valence-electron chi connectivity index (χ0n) is 13.7. The van der Waals surface area contributed by atoms with Crippen molar-refractivity contribution in [1.82, 2.24) is 15.2 Å². The van der Waals surface area contributed by atoms with Gasteiger partial charge in [-0.05, 0) is 11.6 Å². The van der Waals surface area contributed by atoms with Crippen molar-refractivity contribution in [2.24, 2.45) is 0 Å². The Labute approximate surface area is 170 Å². The van der Waals surface area contributed by atoms with Crippen LogP contribution in [0.1, 0.15) is 10.5 Å². The van der Waals surface area contributed by atoms with Gasteiger partial charge in [-0.3, -0.25) is 24.1 Å². The maximum absolute atomic E-state index is 12.4. The van der Waals surface area contributed by atoms with Crippen molar-refractivity contribution in [3.8, 4) is 0 Å². The average Bonchev–Trinajstić information content (AvgIpc) is 3.13. The fraction of sp³-hybridized carbons (Fsp3) is 0.200. The second kappa shape index (κ2) is 8.12. The maximum atomic E-state index is 12.4. The lowest BCUT2D eigenvalue weighted by Gasteiger charge is -2.49. The summed E-state index contributed by atoms with van der Waals surface area (Å²) in [6.07, 6.45) is 1.78. The van der Waals surface area contributed by atoms with Crippen molar-refractivity contribution in [3.63, 3.8) is 0 Å². The summed E-state index contributed by atoms with van der Waals surface area (Å²) in [4.78, 5) is 63.6. The Morgan fingerprint density at radius 3 is 2.79 bits per heavy atom. The van der Waals surface area contributed by atoms with E-state index in [1.807, 2.05) is 0 Å². The van der Waals surface area contributed by atoms with E-state index in [2.05, 4.69) is 15.6 Å². The van der Waals surface area contributed by atoms with Crippen molar-refractivity contribution in [2.45, 2.75) is 11.4 Å². The Morgan fingerprint density at radius 1 is 1.39 bits per heavy atom. The largest absolute Gasteiger partial charge is 0.477 e. The fourth-order valence-electron chi connectivity index (χ4n) is 2.66. The smallest absolute Gasteiger partial charge is 0.352 e. The molecular formula is C15H11ClN4O6S2. The van der Waals surface area contributed by atoms with Crippen LogP contribution in [0.25, 0.3) is 0 Å². The van der Waals surface area contributed by atoms with Gasteiger partial charge in [0.05, 0.1) is 0 Å². The number of halogens is 1. The van der Waals surface area contributed by atoms with E-state index in [1.165, 1.54) is 23.2 Å². The van der Waals surface area contributed by atoms with E-state index >= 15 is 0 Å². The fourth-order valence-corrected chi connectivity index (χ4v) is 4.79. The summed E-state index contributed by atoms with van der Waals surface area (Å²) in [5, 5.41) is 14.8. The minimum Gasteiger partial charge on any atom is -0.477 e. The minimum atomic E-state index is -1.29. The van der Waals surface area contributed by atoms with Gasteiger partial charge in [0, 0.05) is 16.7 Å². The number of hydrogen-bond acceptors (Lipinski definition) is 8. The number of nitrogens with zero attached hydrogens (tertiary/aromatic N) is 2. The van der Waals surface area contributed by atoms with E-state index in [-0.39, 0.29) is 22.3 Å². The Hall–Kier alpha value is -2.70. The number of thioether (sulfide) groups is 1. The van der Waals surface area contributed by atoms with Crippen LogP contribution in [0.3, 0.4) is 0 Å². The molecule has 2 atom stereocenters. The zero-order valence-corrected chi connectivity index (χ0v) is 16.1. The number of β-lactam (4-membered cyclic amide) rings is 1. The lowest BCUT2D eigenvalue weighted by atomic mass is 10.0. The van der Waals surface area contributed by atoms with Crippen molar-refractivity contribution < 1.29 is 29.1 Å². The zero-order chi connectivity index (χ0) is 20.4. The molecule has 0 radical (unpaired) electrons. The molecule has 3 amide bonds. The number of nitrogens with one attached hydrogen (secondary N) is 2. The number of thiazole rings is 1. The summed E-state index contributed by atoms with van der Waals surface area (Å²) in [6.45, 7) is 0. The lowest BCUT2D eigenvalue weighted by molar-refractivity contribution is -0.150. The van der Waals surface area contributed by atoms with Gasteiger partial charge in [-0.25, -0.2) is 9.78 Å². The van der Waals surface area contributed by atoms with Gasteiger partial charge < -0.3 is 15.7 Å². The number of anilines is 1. The van der Waals surface area contributed by atoms with Gasteiger partial charge in [-0.15, -0.1) is 23.1 Å². The number of carboxylic acids is 1. The molecule has 1 aromatic heterocycles. The summed E-state index contributed by atoms with van der Waals surface area (Å²) >= 11 is 7.71. The molecule has 13 heteroatoms. The predicted molar refractivity (Wildman–Crippen MR) is 101 cm³/mol. The van der Waals surface area contributed by atoms with Crippen LogP contribution in [0.4, 0.5) is 5.13 Å². The first-order valence-corrected chi connectivity index (χ1v) is 9.94. The molecule has 1 aromatic rings. The van der Waals surface area contributed by atoms with E-state index in [4.69, 9.17) is 11.6 Å². The van der Waals surface area contributed by atoms with Gasteiger partial charge in [-0.2, -0.15) is 0 Å². The van der Waals surface area contributed by atoms with E-state index in [0.717, 1.165) is 21.8 Å². The maximum Gasteiger partial charge on any atom is 0.352 e. The standard InChI is InChI=1S/C15H11ClN4O6S2/c16-2-1-6-3-27-13-8(12(24)20(13)9(6)14(25)26)19-11(23)10(22)7-4-28-15(18-7)17-5-21/h1-2,4-5,8,13H,3H2,(H,19,23)(H,25,26)(H,17,18,21)/t8?,13-/m0/s1. The monoisotopic (exact) mass is 442 g/mol. The van der Waals surface area contributed by atoms with Crippen molar-refractivity contribution >= 4 is 69.8 Å². The Morgan fingerprint density at radius 2 is 2.14 bits per heavy atom. The number of carboxylic acid groups (broad SMARTS) is 1. The highest BCUT2D eigenvalue weighted by atomic mass is 35.5. The number of fused-ring (bicyclic) bond motifs is 1. The number of ketones is 1. The second-order valence-corrected chi connectivity index (χ2v) is 7.68. The molecule has 28 heavy (non-hydrogen) atoms. The number of carbonyl (C=O) groups is 5. The summed E-state index contributed by atoms with van der Waals surface area (Å²) in [7, 11) is 0. The number of hydrogen-bond donors (Lipinski definition) is 3. The molecule has 0 aliphatic carbocycles. The van der Waals surface area contributed by atoms with E-state index in [0.29, 0.717) is 12.0 Å². The van der Waals surface area contributed by atoms with Crippen LogP contribution < -0.4 is 10.6 Å². The molecule has 2 aliphatic rings. The highest BCUT2D eigenvalue weighted by Crippen LogP contribution is 2.40. The topological polar surface area (TPSA) is 146 Å². The van der Waals surface area contributed by atoms with E-state index < -0.39 is 35.0 Å². The summed E-state index contributed by atoms with van der Waals surface area (Å²) in [5.41, 5.74) is 1.15. The van der Waals surface area contributed by atoms with Crippen LogP contribution in [-0.4, -0.2) is 62.1 Å². The number of aromatic nitrogens is 1. The number of allylic oxidation sites excluding steroid dienone is 1. The third kappa shape index (κ3) is 3.53. The average molecular weight is 443 g/mol. The third-order valence-corrected chi connectivity index (χ3v) is 6.08. The molecule has 1 unspecified atom stereocenters. The van der Waals surface area contributed by atoms with Crippen LogP contribution in [0, 0.1) is 0 Å². The van der Waals surface area contributed by atoms with Crippen LogP contribution in [-0.2, 0) is 19.2 Å². The van der Waals surface area contributed by atoms with Crippen LogP contribution in [0.5, 0.6) is 0 Å². The Kier molecular flexibility index (Phi) is 5.82. The van der Waals surface area contributed by atoms with Crippen molar-refractivity contribution in [2.75, 3.05) is 11.1 Å². The normalized spacial score (nSPS) is 21.2. The van der Waals surface area contributed by atoms with Gasteiger partial charge in [0.25, 0.3) is 17.6 Å². The van der Waals surface area contributed by atoms with Crippen molar-refractivity contribution in [3.05, 3.63) is 34.0 Å². The van der Waals surface area contributed by atoms with Gasteiger partial charge in [0.15, 0.2) is 5.13 Å². The van der Waals surface area contributed by atoms with Crippen LogP contribution >= 0.6 is 34.7 Å². The number of Topliss-reactive ketones (excluding diaryl/α,β-unsaturated/α-hetero) is 1. The minimum absolute atomic E-state index is 0.149. The van der Waals surface area contributed by atoms with E-state index in [9.17, 15) is 29.1 Å². The first-order chi connectivity index (χ1) is 13.4. The van der Waals surface area contributed by atoms with Gasteiger partial charge in [0.2, 0.25) is 6.41 Å². The molecule has 0 saturated carbocycles. The van der Waals surface area contributed by atoms with Gasteiger partial charge in [0.1, 0.15) is 22.8 Å². The highest BCUT2D eigenvalue weighted by Gasteiger charge is 2.54. The molecule has 146 valence electrons. The molecule has 3 rings (SSSR count). The molecule has 3 heterocycles. The number of amides is 3. The van der Waals surface area contributed by atoms with Crippen LogP contribution in [0.2, 0.25) is 0 Å². The Bertz CT molecular complexity index is 943.